The van der Waals surface area contributed by atoms with Crippen molar-refractivity contribution >= 4 is 11.0 Å². The molecule has 2 aliphatic heterocycles. The molecule has 2 saturated heterocycles. The average Bonchev–Trinajstić information content (AvgIpc) is 3.89. The molecule has 0 radical (unpaired) electrons. The normalized spacial score (nSPS) is 25.6. The number of nitrogens with one attached hydrogen (secondary N) is 4. The number of aromatic amines is 2. The highest BCUT2D eigenvalue weighted by atomic mass is 15.1. The number of hydrogen-bond acceptors (Lipinski definition) is 4. The summed E-state index contributed by atoms with van der Waals surface area (Å²) in [5.74, 6) is 3.53. The van der Waals surface area contributed by atoms with Gasteiger partial charge in [-0.25, -0.2) is 9.97 Å². The van der Waals surface area contributed by atoms with E-state index < -0.39 is 0 Å². The average molecular weight is 597 g/mol. The topological polar surface area (TPSA) is 81.4 Å². The summed E-state index contributed by atoms with van der Waals surface area (Å²) in [6.07, 6.45) is 12.1. The van der Waals surface area contributed by atoms with Gasteiger partial charge in [0, 0.05) is 0 Å². The molecule has 4 atom stereocenters. The molecule has 45 heavy (non-hydrogen) atoms. The number of hydrogen-bond donors (Lipinski definition) is 4. The van der Waals surface area contributed by atoms with E-state index in [-0.39, 0.29) is 0 Å². The summed E-state index contributed by atoms with van der Waals surface area (Å²) >= 11 is 0. The largest absolute Gasteiger partial charge is 0.341 e. The second-order valence-corrected chi connectivity index (χ2v) is 14.9. The molecule has 1 saturated carbocycles. The van der Waals surface area contributed by atoms with Crippen LogP contribution in [0.3, 0.4) is 0 Å². The van der Waals surface area contributed by atoms with Gasteiger partial charge < -0.3 is 20.6 Å². The number of rotatable bonds is 5. The molecule has 2 aromatic heterocycles. The predicted molar refractivity (Wildman–Crippen MR) is 182 cm³/mol. The molecular weight excluding hydrogens is 552 g/mol. The first kappa shape index (κ1) is 27.6. The van der Waals surface area contributed by atoms with Crippen LogP contribution in [0.2, 0.25) is 0 Å². The third kappa shape index (κ3) is 4.85. The van der Waals surface area contributed by atoms with Crippen LogP contribution in [0.15, 0.2) is 60.8 Å². The number of H-pyrrole nitrogens is 2. The number of nitrogens with zero attached hydrogens (tertiary/aromatic N) is 2. The Morgan fingerprint density at radius 3 is 1.98 bits per heavy atom. The van der Waals surface area contributed by atoms with Crippen molar-refractivity contribution in [3.05, 3.63) is 83.6 Å². The Balaban J connectivity index is 1.05. The smallest absolute Gasteiger partial charge is 0.124 e. The van der Waals surface area contributed by atoms with E-state index in [2.05, 4.69) is 89.0 Å². The Morgan fingerprint density at radius 2 is 1.31 bits per heavy atom. The molecule has 9 rings (SSSR count). The second-order valence-electron chi connectivity index (χ2n) is 14.9. The minimum absolute atomic E-state index is 0.330. The fourth-order valence-electron chi connectivity index (χ4n) is 9.02. The van der Waals surface area contributed by atoms with Crippen molar-refractivity contribution in [2.75, 3.05) is 13.1 Å². The van der Waals surface area contributed by atoms with Gasteiger partial charge in [-0.3, -0.25) is 0 Å². The molecule has 0 amide bonds. The van der Waals surface area contributed by atoms with Crippen LogP contribution in [-0.4, -0.2) is 33.0 Å². The third-order valence-electron chi connectivity index (χ3n) is 11.5. The van der Waals surface area contributed by atoms with Crippen molar-refractivity contribution in [1.82, 2.24) is 30.6 Å². The molecule has 2 aliphatic carbocycles. The van der Waals surface area contributed by atoms with E-state index in [1.165, 1.54) is 66.3 Å². The van der Waals surface area contributed by atoms with E-state index in [0.29, 0.717) is 29.3 Å². The fraction of sp³-hybridized carbons (Fsp3) is 0.436. The maximum atomic E-state index is 4.97. The van der Waals surface area contributed by atoms with Gasteiger partial charge in [0.05, 0.1) is 35.0 Å². The van der Waals surface area contributed by atoms with Gasteiger partial charge in [-0.05, 0) is 120 Å². The Kier molecular flexibility index (Phi) is 6.54. The molecule has 6 nitrogen and oxygen atoms in total. The Bertz CT molecular complexity index is 1870. The lowest BCUT2D eigenvalue weighted by atomic mass is 9.82. The van der Waals surface area contributed by atoms with E-state index in [4.69, 9.17) is 9.97 Å². The SMILES string of the molecule is CC1CNC(c2ncc(-c3ccc(-c4ccc(-c5ccc6nc(C7CC(C)CN7)[nH]c6c5)c5c4CC4(CCCC4)C5)cc3)[nH]2)C1. The number of aromatic nitrogens is 4. The summed E-state index contributed by atoms with van der Waals surface area (Å²) in [5.41, 5.74) is 13.5. The first-order valence-corrected chi connectivity index (χ1v) is 17.3. The van der Waals surface area contributed by atoms with E-state index in [0.717, 1.165) is 54.3 Å². The van der Waals surface area contributed by atoms with Crippen molar-refractivity contribution in [3.63, 3.8) is 0 Å². The zero-order valence-electron chi connectivity index (χ0n) is 26.5. The van der Waals surface area contributed by atoms with Crippen molar-refractivity contribution in [2.45, 2.75) is 77.3 Å². The quantitative estimate of drug-likeness (QED) is 0.165. The van der Waals surface area contributed by atoms with Crippen molar-refractivity contribution in [2.24, 2.45) is 17.3 Å². The van der Waals surface area contributed by atoms with E-state index in [9.17, 15) is 0 Å². The third-order valence-corrected chi connectivity index (χ3v) is 11.5. The molecule has 5 aromatic rings. The van der Waals surface area contributed by atoms with Crippen LogP contribution in [0.1, 0.15) is 87.2 Å². The highest BCUT2D eigenvalue weighted by Crippen LogP contribution is 2.53. The van der Waals surface area contributed by atoms with Gasteiger partial charge in [-0.2, -0.15) is 0 Å². The van der Waals surface area contributed by atoms with Gasteiger partial charge in [-0.1, -0.05) is 69.2 Å². The van der Waals surface area contributed by atoms with E-state index >= 15 is 0 Å². The molecule has 4 heterocycles. The summed E-state index contributed by atoms with van der Waals surface area (Å²) in [4.78, 5) is 17.0. The van der Waals surface area contributed by atoms with Gasteiger partial charge in [0.25, 0.3) is 0 Å². The summed E-state index contributed by atoms with van der Waals surface area (Å²) in [6, 6.07) is 21.5. The zero-order chi connectivity index (χ0) is 30.1. The first-order valence-electron chi connectivity index (χ1n) is 17.3. The molecular formula is C39H44N6. The summed E-state index contributed by atoms with van der Waals surface area (Å²) in [5, 5.41) is 7.24. The van der Waals surface area contributed by atoms with E-state index in [1.54, 1.807) is 11.1 Å². The van der Waals surface area contributed by atoms with Crippen LogP contribution in [-0.2, 0) is 12.8 Å². The second kappa shape index (κ2) is 10.7. The minimum atomic E-state index is 0.330. The van der Waals surface area contributed by atoms with Crippen LogP contribution in [0.4, 0.5) is 0 Å². The predicted octanol–water partition coefficient (Wildman–Crippen LogP) is 8.29. The lowest BCUT2D eigenvalue weighted by molar-refractivity contribution is 0.318. The van der Waals surface area contributed by atoms with Gasteiger partial charge in [0.2, 0.25) is 0 Å². The molecule has 230 valence electrons. The first-order chi connectivity index (χ1) is 22.0. The summed E-state index contributed by atoms with van der Waals surface area (Å²) in [7, 11) is 0. The van der Waals surface area contributed by atoms with Crippen LogP contribution < -0.4 is 10.6 Å². The highest BCUT2D eigenvalue weighted by molar-refractivity contribution is 5.85. The summed E-state index contributed by atoms with van der Waals surface area (Å²) in [6.45, 7) is 6.75. The molecule has 1 spiro atoms. The molecule has 4 aliphatic rings. The minimum Gasteiger partial charge on any atom is -0.341 e. The standard InChI is InChI=1S/C39H44N6/c1-23-15-34(40-20-23)37-42-22-36(45-37)26-7-5-25(6-8-26)28-10-11-29(31-19-39(18-30(28)31)13-3-4-14-39)27-9-12-32-33(17-27)44-38(43-32)35-16-24(2)21-41-35/h5-12,17,22-24,34-35,40-41H,3-4,13-16,18-21H2,1-2H3,(H,42,45)(H,43,44). The van der Waals surface area contributed by atoms with Crippen LogP contribution in [0.5, 0.6) is 0 Å². The molecule has 4 N–H and O–H groups in total. The highest BCUT2D eigenvalue weighted by Gasteiger charge is 2.41. The molecule has 3 aromatic carbocycles. The number of benzene rings is 3. The van der Waals surface area contributed by atoms with Crippen molar-refractivity contribution < 1.29 is 0 Å². The van der Waals surface area contributed by atoms with Crippen LogP contribution in [0, 0.1) is 17.3 Å². The monoisotopic (exact) mass is 596 g/mol. The van der Waals surface area contributed by atoms with Crippen LogP contribution >= 0.6 is 0 Å². The maximum absolute atomic E-state index is 4.97. The molecule has 4 unspecified atom stereocenters. The number of fused-ring (bicyclic) bond motifs is 2. The van der Waals surface area contributed by atoms with Gasteiger partial charge >= 0.3 is 0 Å². The van der Waals surface area contributed by atoms with Crippen LogP contribution in [0.25, 0.3) is 44.5 Å². The maximum Gasteiger partial charge on any atom is 0.124 e. The zero-order valence-corrected chi connectivity index (χ0v) is 26.5. The van der Waals surface area contributed by atoms with Gasteiger partial charge in [0.15, 0.2) is 0 Å². The summed E-state index contributed by atoms with van der Waals surface area (Å²) < 4.78 is 0. The Hall–Kier alpha value is -3.74. The molecule has 3 fully saturated rings. The number of imidazole rings is 2. The fourth-order valence-corrected chi connectivity index (χ4v) is 9.02. The molecule has 0 bridgehead atoms. The van der Waals surface area contributed by atoms with Crippen molar-refractivity contribution in [3.8, 4) is 33.5 Å². The van der Waals surface area contributed by atoms with Gasteiger partial charge in [0.1, 0.15) is 11.6 Å². The molecule has 6 heteroatoms. The Morgan fingerprint density at radius 1 is 0.689 bits per heavy atom. The lowest BCUT2D eigenvalue weighted by Crippen LogP contribution is -2.15. The van der Waals surface area contributed by atoms with E-state index in [1.807, 2.05) is 6.20 Å². The Labute approximate surface area is 265 Å². The van der Waals surface area contributed by atoms with Gasteiger partial charge in [-0.15, -0.1) is 0 Å². The van der Waals surface area contributed by atoms with Crippen molar-refractivity contribution in [1.29, 1.82) is 0 Å². The lowest BCUT2D eigenvalue weighted by Gasteiger charge is -2.22.